The highest BCUT2D eigenvalue weighted by atomic mass is 32.2. The van der Waals surface area contributed by atoms with Crippen molar-refractivity contribution in [3.05, 3.63) is 24.3 Å². The molecule has 16 nitrogen and oxygen atoms in total. The summed E-state index contributed by atoms with van der Waals surface area (Å²) in [5.74, 6) is -3.83. The molecular formula is C33H44F2N8O8S. The SMILES string of the molecule is COc1ccc(-c2nnn([C@@H]3CC(C(=O)N[C@]4(C(=O)NS(=O)(=O)C5CC5)C[C@H]4C(F)F)N(C(=O)[C@@H](NC(=O)OCC4CCCC4)C(C)C)C3)n2)cc1. The highest BCUT2D eigenvalue weighted by molar-refractivity contribution is 7.91. The summed E-state index contributed by atoms with van der Waals surface area (Å²) >= 11 is 0. The van der Waals surface area contributed by atoms with E-state index in [0.717, 1.165) is 25.7 Å². The van der Waals surface area contributed by atoms with Gasteiger partial charge < -0.3 is 25.0 Å². The Kier molecular flexibility index (Phi) is 10.7. The summed E-state index contributed by atoms with van der Waals surface area (Å²) in [5.41, 5.74) is -1.58. The first-order chi connectivity index (χ1) is 24.7. The third-order valence-electron chi connectivity index (χ3n) is 10.4. The van der Waals surface area contributed by atoms with Crippen LogP contribution in [0.2, 0.25) is 0 Å². The zero-order chi connectivity index (χ0) is 37.4. The fourth-order valence-corrected chi connectivity index (χ4v) is 8.34. The minimum absolute atomic E-state index is 0.107. The number of alkyl halides is 2. The Balaban J connectivity index is 1.24. The molecule has 0 bridgehead atoms. The lowest BCUT2D eigenvalue weighted by Crippen LogP contribution is -2.59. The maximum atomic E-state index is 14.2. The van der Waals surface area contributed by atoms with Crippen molar-refractivity contribution in [3.8, 4) is 17.1 Å². The number of rotatable bonds is 14. The Morgan fingerprint density at radius 1 is 1.06 bits per heavy atom. The van der Waals surface area contributed by atoms with Crippen LogP contribution >= 0.6 is 0 Å². The first-order valence-electron chi connectivity index (χ1n) is 17.6. The molecule has 2 aromatic rings. The number of carbonyl (C=O) groups excluding carboxylic acids is 4. The van der Waals surface area contributed by atoms with Crippen molar-refractivity contribution in [1.29, 1.82) is 0 Å². The number of methoxy groups -OCH3 is 1. The minimum atomic E-state index is -4.12. The van der Waals surface area contributed by atoms with Crippen LogP contribution in [0.5, 0.6) is 5.75 Å². The molecule has 3 aliphatic carbocycles. The molecule has 0 spiro atoms. The number of halogens is 2. The predicted octanol–water partition coefficient (Wildman–Crippen LogP) is 2.18. The number of tetrazole rings is 1. The summed E-state index contributed by atoms with van der Waals surface area (Å²) in [7, 11) is -2.58. The standard InChI is InChI=1S/C33H44F2N8O8S/c1-18(2)26(36-32(47)51-17-19-6-4-5-7-19)30(45)42-16-21(43-39-28(38-41-43)20-8-10-22(50-3)11-9-20)14-25(42)29(44)37-33(15-24(33)27(34)35)31(46)40-52(48,49)23-12-13-23/h8-11,18-19,21,23-27H,4-7,12-17H2,1-3H3,(H,36,47)(H,37,44)(H,40,46)/t21-,24+,25?,26+,33-/m1/s1. The van der Waals surface area contributed by atoms with Crippen molar-refractivity contribution in [2.24, 2.45) is 17.8 Å². The van der Waals surface area contributed by atoms with E-state index in [0.29, 0.717) is 24.2 Å². The zero-order valence-electron chi connectivity index (χ0n) is 29.2. The molecule has 0 radical (unpaired) electrons. The van der Waals surface area contributed by atoms with Crippen LogP contribution in [0.25, 0.3) is 11.4 Å². The van der Waals surface area contributed by atoms with E-state index < -0.39 is 87.4 Å². The molecule has 1 aliphatic heterocycles. The third kappa shape index (κ3) is 7.97. The van der Waals surface area contributed by atoms with Gasteiger partial charge in [0.05, 0.1) is 30.9 Å². The molecule has 6 rings (SSSR count). The van der Waals surface area contributed by atoms with Crippen LogP contribution in [0.15, 0.2) is 24.3 Å². The van der Waals surface area contributed by atoms with E-state index in [9.17, 15) is 36.4 Å². The van der Waals surface area contributed by atoms with Gasteiger partial charge in [0, 0.05) is 18.5 Å². The summed E-state index contributed by atoms with van der Waals surface area (Å²) in [6.07, 6.45) is 0.237. The number of benzene rings is 1. The first kappa shape index (κ1) is 37.3. The van der Waals surface area contributed by atoms with Gasteiger partial charge >= 0.3 is 6.09 Å². The highest BCUT2D eigenvalue weighted by Gasteiger charge is 2.66. The van der Waals surface area contributed by atoms with Crippen molar-refractivity contribution in [1.82, 2.24) is 40.5 Å². The average molecular weight is 751 g/mol. The van der Waals surface area contributed by atoms with E-state index >= 15 is 0 Å². The molecule has 284 valence electrons. The van der Waals surface area contributed by atoms with Crippen LogP contribution in [0, 0.1) is 17.8 Å². The molecule has 3 saturated carbocycles. The average Bonchev–Trinajstić information content (AvgIpc) is 3.88. The second-order valence-corrected chi connectivity index (χ2v) is 16.4. The van der Waals surface area contributed by atoms with E-state index in [-0.39, 0.29) is 31.3 Å². The van der Waals surface area contributed by atoms with Crippen molar-refractivity contribution >= 4 is 33.8 Å². The Labute approximate surface area is 299 Å². The van der Waals surface area contributed by atoms with Gasteiger partial charge in [0.1, 0.15) is 23.4 Å². The molecule has 4 amide bonds. The lowest BCUT2D eigenvalue weighted by atomic mass is 10.0. The van der Waals surface area contributed by atoms with Crippen molar-refractivity contribution < 1.29 is 45.9 Å². The number of alkyl carbamates (subject to hydrolysis) is 1. The second kappa shape index (κ2) is 14.9. The number of sulfonamides is 1. The molecule has 1 aromatic heterocycles. The van der Waals surface area contributed by atoms with E-state index in [4.69, 9.17) is 9.47 Å². The third-order valence-corrected chi connectivity index (χ3v) is 12.2. The molecule has 3 N–H and O–H groups in total. The number of aromatic nitrogens is 4. The molecule has 4 aliphatic rings. The van der Waals surface area contributed by atoms with Crippen LogP contribution in [0.1, 0.15) is 71.3 Å². The number of likely N-dealkylation sites (tertiary alicyclic amines) is 1. The molecular weight excluding hydrogens is 706 g/mol. The fourth-order valence-electron chi connectivity index (χ4n) is 6.98. The highest BCUT2D eigenvalue weighted by Crippen LogP contribution is 2.48. The van der Waals surface area contributed by atoms with Gasteiger partial charge in [0.15, 0.2) is 0 Å². The Bertz CT molecular complexity index is 1770. The van der Waals surface area contributed by atoms with Crippen molar-refractivity contribution in [3.63, 3.8) is 0 Å². The van der Waals surface area contributed by atoms with Crippen LogP contribution in [0.4, 0.5) is 13.6 Å². The summed E-state index contributed by atoms with van der Waals surface area (Å²) in [6.45, 7) is 3.49. The molecule has 1 saturated heterocycles. The van der Waals surface area contributed by atoms with Gasteiger partial charge in [-0.25, -0.2) is 22.0 Å². The van der Waals surface area contributed by atoms with E-state index in [1.807, 2.05) is 4.72 Å². The molecule has 4 fully saturated rings. The summed E-state index contributed by atoms with van der Waals surface area (Å²) < 4.78 is 65.7. The number of nitrogens with zero attached hydrogens (tertiary/aromatic N) is 5. The molecule has 1 unspecified atom stereocenters. The topological polar surface area (TPSA) is 204 Å². The fraction of sp³-hybridized carbons (Fsp3) is 0.667. The lowest BCUT2D eigenvalue weighted by Gasteiger charge is -2.31. The first-order valence-corrected chi connectivity index (χ1v) is 19.1. The largest absolute Gasteiger partial charge is 0.497 e. The molecule has 2 heterocycles. The number of hydrogen-bond donors (Lipinski definition) is 3. The Hall–Kier alpha value is -4.42. The van der Waals surface area contributed by atoms with Crippen LogP contribution < -0.4 is 20.1 Å². The van der Waals surface area contributed by atoms with Crippen molar-refractivity contribution in [2.45, 2.75) is 101 Å². The zero-order valence-corrected chi connectivity index (χ0v) is 30.0. The number of hydrogen-bond acceptors (Lipinski definition) is 11. The predicted molar refractivity (Wildman–Crippen MR) is 179 cm³/mol. The monoisotopic (exact) mass is 750 g/mol. The van der Waals surface area contributed by atoms with E-state index in [1.165, 1.54) is 16.8 Å². The maximum Gasteiger partial charge on any atom is 0.407 e. The normalized spacial score (nSPS) is 25.2. The second-order valence-electron chi connectivity index (χ2n) is 14.5. The molecule has 19 heteroatoms. The lowest BCUT2D eigenvalue weighted by molar-refractivity contribution is -0.142. The maximum absolute atomic E-state index is 14.2. The molecule has 5 atom stereocenters. The Morgan fingerprint density at radius 3 is 2.35 bits per heavy atom. The number of nitrogens with one attached hydrogen (secondary N) is 3. The van der Waals surface area contributed by atoms with Gasteiger partial charge in [-0.3, -0.25) is 19.1 Å². The minimum Gasteiger partial charge on any atom is -0.497 e. The van der Waals surface area contributed by atoms with E-state index in [1.54, 1.807) is 38.1 Å². The van der Waals surface area contributed by atoms with Crippen LogP contribution in [0.3, 0.4) is 0 Å². The quantitative estimate of drug-likeness (QED) is 0.255. The van der Waals surface area contributed by atoms with Gasteiger partial charge in [-0.2, -0.15) is 4.80 Å². The number of ether oxygens (including phenoxy) is 2. The van der Waals surface area contributed by atoms with Crippen molar-refractivity contribution in [2.75, 3.05) is 20.3 Å². The smallest absolute Gasteiger partial charge is 0.407 e. The van der Waals surface area contributed by atoms with Gasteiger partial charge in [-0.05, 0) is 73.4 Å². The van der Waals surface area contributed by atoms with Crippen LogP contribution in [-0.4, -0.2) is 107 Å². The molecule has 52 heavy (non-hydrogen) atoms. The van der Waals surface area contributed by atoms with Gasteiger partial charge in [0.2, 0.25) is 34.1 Å². The number of amides is 4. The van der Waals surface area contributed by atoms with Gasteiger partial charge in [0.25, 0.3) is 5.91 Å². The van der Waals surface area contributed by atoms with E-state index in [2.05, 4.69) is 26.0 Å². The number of carbonyl (C=O) groups is 4. The van der Waals surface area contributed by atoms with Gasteiger partial charge in [-0.15, -0.1) is 10.2 Å². The summed E-state index contributed by atoms with van der Waals surface area (Å²) in [4.78, 5) is 56.9. The Morgan fingerprint density at radius 2 is 1.75 bits per heavy atom. The summed E-state index contributed by atoms with van der Waals surface area (Å²) in [6, 6.07) is 3.69. The van der Waals surface area contributed by atoms with Gasteiger partial charge in [-0.1, -0.05) is 26.7 Å². The van der Waals surface area contributed by atoms with Crippen LogP contribution in [-0.2, 0) is 29.1 Å². The summed E-state index contributed by atoms with van der Waals surface area (Å²) in [5, 5.41) is 17.0. The molecule has 1 aromatic carbocycles.